The van der Waals surface area contributed by atoms with Crippen molar-refractivity contribution in [2.45, 2.75) is 57.8 Å². The Morgan fingerprint density at radius 2 is 1.12 bits per heavy atom. The van der Waals surface area contributed by atoms with E-state index in [1.807, 2.05) is 0 Å². The molecule has 0 unspecified atom stereocenters. The summed E-state index contributed by atoms with van der Waals surface area (Å²) in [5, 5.41) is 0. The van der Waals surface area contributed by atoms with Crippen LogP contribution in [0.5, 0.6) is 0 Å². The van der Waals surface area contributed by atoms with Crippen LogP contribution in [-0.2, 0) is 10.8 Å². The summed E-state index contributed by atoms with van der Waals surface area (Å²) in [6, 6.07) is 52.3. The first-order valence-electron chi connectivity index (χ1n) is 20.2. The lowest BCUT2D eigenvalue weighted by Crippen LogP contribution is -2.27. The van der Waals surface area contributed by atoms with Crippen molar-refractivity contribution >= 4 is 33.8 Å². The minimum absolute atomic E-state index is 0.0982. The van der Waals surface area contributed by atoms with E-state index in [-0.39, 0.29) is 10.8 Å². The Bertz CT molecular complexity index is 2690. The third kappa shape index (κ3) is 5.52. The molecule has 4 aliphatic carbocycles. The summed E-state index contributed by atoms with van der Waals surface area (Å²) in [5.74, 6) is 0. The van der Waals surface area contributed by atoms with Crippen LogP contribution >= 0.6 is 0 Å². The highest BCUT2D eigenvalue weighted by molar-refractivity contribution is 6.00. The van der Waals surface area contributed by atoms with Gasteiger partial charge in [0.1, 0.15) is 0 Å². The summed E-state index contributed by atoms with van der Waals surface area (Å²) in [6.07, 6.45) is 16.8. The number of fused-ring (bicyclic) bond motifs is 7. The second-order valence-electron chi connectivity index (χ2n) is 16.8. The van der Waals surface area contributed by atoms with E-state index in [0.717, 1.165) is 19.3 Å². The van der Waals surface area contributed by atoms with Gasteiger partial charge in [-0.3, -0.25) is 0 Å². The highest BCUT2D eigenvalue weighted by Crippen LogP contribution is 2.54. The van der Waals surface area contributed by atoms with Gasteiger partial charge >= 0.3 is 0 Å². The molecule has 4 aliphatic rings. The van der Waals surface area contributed by atoms with E-state index in [9.17, 15) is 0 Å². The van der Waals surface area contributed by atoms with Gasteiger partial charge in [0.05, 0.1) is 5.69 Å². The van der Waals surface area contributed by atoms with E-state index < -0.39 is 0 Å². The molecule has 0 aliphatic heterocycles. The summed E-state index contributed by atoms with van der Waals surface area (Å²) in [6.45, 7) is 9.59. The van der Waals surface area contributed by atoms with Crippen molar-refractivity contribution < 1.29 is 0 Å². The van der Waals surface area contributed by atoms with Crippen molar-refractivity contribution in [1.29, 1.82) is 0 Å². The number of allylic oxidation sites excluding steroid dienone is 10. The molecule has 0 fully saturated rings. The summed E-state index contributed by atoms with van der Waals surface area (Å²) >= 11 is 0. The smallest absolute Gasteiger partial charge is 0.0536 e. The molecule has 0 saturated heterocycles. The lowest BCUT2D eigenvalue weighted by atomic mass is 9.66. The number of hydrogen-bond acceptors (Lipinski definition) is 1. The molecule has 0 amide bonds. The molecular weight excluding hydrogens is 675 g/mol. The average molecular weight is 722 g/mol. The van der Waals surface area contributed by atoms with Gasteiger partial charge in [-0.25, -0.2) is 0 Å². The first-order chi connectivity index (χ1) is 27.3. The van der Waals surface area contributed by atoms with E-state index in [1.165, 1.54) is 95.0 Å². The number of nitrogens with zero attached hydrogens (tertiary/aromatic N) is 1. The van der Waals surface area contributed by atoms with Gasteiger partial charge < -0.3 is 4.90 Å². The molecule has 2 bridgehead atoms. The van der Waals surface area contributed by atoms with Crippen molar-refractivity contribution in [2.75, 3.05) is 4.90 Å². The number of anilines is 3. The fraction of sp³-hybridized carbons (Fsp3) is 0.164. The van der Waals surface area contributed by atoms with Crippen molar-refractivity contribution in [2.24, 2.45) is 0 Å². The third-order valence-electron chi connectivity index (χ3n) is 12.9. The fourth-order valence-corrected chi connectivity index (χ4v) is 9.77. The molecule has 0 N–H and O–H groups in total. The molecule has 0 atom stereocenters. The molecule has 6 aromatic carbocycles. The standard InChI is InChI=1S/C55H47N/c1-54(2)41-20-15-23-44(40-28-26-38(27-29-40)37-16-7-5-8-17-37)49(34-41)48-33-31-42(35-51(48)54)56(53-25-14-12-21-45(53)39-18-9-6-10-19-39)43-30-32-47-46-22-11-13-24-50(46)55(3,4)52(47)36-43/h5-9,11-18,20-33,35-36H,10,19,34H2,1-4H3. The molecular formula is C55H47N. The Labute approximate surface area is 332 Å². The minimum Gasteiger partial charge on any atom is -0.310 e. The van der Waals surface area contributed by atoms with Crippen molar-refractivity contribution in [3.63, 3.8) is 0 Å². The van der Waals surface area contributed by atoms with Gasteiger partial charge in [0, 0.05) is 27.8 Å². The number of benzene rings is 6. The molecule has 0 heterocycles. The van der Waals surface area contributed by atoms with Crippen LogP contribution < -0.4 is 4.90 Å². The molecule has 1 heteroatoms. The molecule has 0 radical (unpaired) electrons. The van der Waals surface area contributed by atoms with Gasteiger partial charge in [0.25, 0.3) is 0 Å². The zero-order valence-electron chi connectivity index (χ0n) is 32.8. The average Bonchev–Trinajstić information content (AvgIpc) is 3.34. The maximum atomic E-state index is 2.53. The normalized spacial score (nSPS) is 17.0. The molecule has 56 heavy (non-hydrogen) atoms. The van der Waals surface area contributed by atoms with Gasteiger partial charge in [-0.2, -0.15) is 0 Å². The van der Waals surface area contributed by atoms with Crippen LogP contribution in [0.15, 0.2) is 182 Å². The van der Waals surface area contributed by atoms with Crippen molar-refractivity contribution in [1.82, 2.24) is 0 Å². The molecule has 0 aromatic heterocycles. The van der Waals surface area contributed by atoms with Gasteiger partial charge in [-0.15, -0.1) is 0 Å². The zero-order valence-corrected chi connectivity index (χ0v) is 32.8. The van der Waals surface area contributed by atoms with Gasteiger partial charge in [0.15, 0.2) is 0 Å². The third-order valence-corrected chi connectivity index (χ3v) is 12.9. The first kappa shape index (κ1) is 34.3. The van der Waals surface area contributed by atoms with E-state index in [2.05, 4.69) is 209 Å². The van der Waals surface area contributed by atoms with E-state index >= 15 is 0 Å². The molecule has 272 valence electrons. The summed E-state index contributed by atoms with van der Waals surface area (Å²) < 4.78 is 0. The summed E-state index contributed by atoms with van der Waals surface area (Å²) in [5.41, 5.74) is 22.1. The Morgan fingerprint density at radius 1 is 0.500 bits per heavy atom. The zero-order chi connectivity index (χ0) is 38.0. The largest absolute Gasteiger partial charge is 0.310 e. The highest BCUT2D eigenvalue weighted by atomic mass is 15.1. The topological polar surface area (TPSA) is 3.24 Å². The van der Waals surface area contributed by atoms with Gasteiger partial charge in [-0.05, 0) is 116 Å². The Morgan fingerprint density at radius 3 is 1.88 bits per heavy atom. The lowest BCUT2D eigenvalue weighted by molar-refractivity contribution is 0.599. The quantitative estimate of drug-likeness (QED) is 0.166. The number of hydrogen-bond donors (Lipinski definition) is 0. The second kappa shape index (κ2) is 13.2. The molecule has 0 spiro atoms. The van der Waals surface area contributed by atoms with Crippen LogP contribution in [0.2, 0.25) is 0 Å². The van der Waals surface area contributed by atoms with Crippen LogP contribution in [0.4, 0.5) is 17.1 Å². The Kier molecular flexibility index (Phi) is 8.12. The molecule has 6 aromatic rings. The second-order valence-corrected chi connectivity index (χ2v) is 16.8. The monoisotopic (exact) mass is 721 g/mol. The summed E-state index contributed by atoms with van der Waals surface area (Å²) in [7, 11) is 0. The van der Waals surface area contributed by atoms with Crippen LogP contribution in [-0.4, -0.2) is 0 Å². The molecule has 0 saturated carbocycles. The van der Waals surface area contributed by atoms with E-state index in [0.29, 0.717) is 0 Å². The minimum atomic E-state index is -0.144. The SMILES string of the molecule is CC1(C)C2=CC=CC(c3ccc(-c4ccccc4)cc3)=C(C2)c2ccc(N(c3ccc4c(c3)C(C)(C)c3ccccc3-4)c3ccccc3C3=CC=CCC3)cc21. The van der Waals surface area contributed by atoms with Gasteiger partial charge in [0.2, 0.25) is 0 Å². The lowest BCUT2D eigenvalue weighted by Gasteiger charge is -2.39. The number of para-hydroxylation sites is 1. The van der Waals surface area contributed by atoms with Crippen molar-refractivity contribution in [3.8, 4) is 22.3 Å². The maximum Gasteiger partial charge on any atom is 0.0536 e. The molecule has 1 nitrogen and oxygen atoms in total. The Balaban J connectivity index is 1.15. The van der Waals surface area contributed by atoms with E-state index in [1.54, 1.807) is 0 Å². The fourth-order valence-electron chi connectivity index (χ4n) is 9.77. The van der Waals surface area contributed by atoms with Crippen LogP contribution in [0.25, 0.3) is 39.0 Å². The van der Waals surface area contributed by atoms with Crippen LogP contribution in [0, 0.1) is 0 Å². The Hall–Kier alpha value is -6.18. The number of rotatable bonds is 6. The highest BCUT2D eigenvalue weighted by Gasteiger charge is 2.38. The predicted octanol–water partition coefficient (Wildman–Crippen LogP) is 15.0. The first-order valence-corrected chi connectivity index (χ1v) is 20.2. The maximum absolute atomic E-state index is 2.53. The summed E-state index contributed by atoms with van der Waals surface area (Å²) in [4.78, 5) is 2.53. The predicted molar refractivity (Wildman–Crippen MR) is 239 cm³/mol. The van der Waals surface area contributed by atoms with Crippen LogP contribution in [0.1, 0.15) is 80.3 Å². The molecule has 10 rings (SSSR count). The van der Waals surface area contributed by atoms with Gasteiger partial charge in [-0.1, -0.05) is 179 Å². The van der Waals surface area contributed by atoms with Crippen molar-refractivity contribution in [3.05, 3.63) is 215 Å². The van der Waals surface area contributed by atoms with E-state index in [4.69, 9.17) is 0 Å². The van der Waals surface area contributed by atoms with Crippen LogP contribution in [0.3, 0.4) is 0 Å².